The van der Waals surface area contributed by atoms with Crippen molar-refractivity contribution in [2.75, 3.05) is 12.7 Å². The number of hydrogen-bond donors (Lipinski definition) is 1. The fraction of sp³-hybridized carbons (Fsp3) is 0.208. The van der Waals surface area contributed by atoms with Gasteiger partial charge in [-0.25, -0.2) is 0 Å². The lowest BCUT2D eigenvalue weighted by atomic mass is 10.2. The van der Waals surface area contributed by atoms with Crippen molar-refractivity contribution >= 4 is 29.1 Å². The molecule has 0 aliphatic carbocycles. The number of rotatable bonds is 7. The van der Waals surface area contributed by atoms with Crippen molar-refractivity contribution < 1.29 is 17.2 Å². The molecule has 0 spiro atoms. The van der Waals surface area contributed by atoms with Crippen molar-refractivity contribution in [3.8, 4) is 0 Å². The molecule has 0 aliphatic heterocycles. The summed E-state index contributed by atoms with van der Waals surface area (Å²) in [4.78, 5) is 13.0. The van der Waals surface area contributed by atoms with Gasteiger partial charge in [0.15, 0.2) is 6.16 Å². The highest BCUT2D eigenvalue weighted by molar-refractivity contribution is 7.96. The molecule has 0 aromatic heterocycles. The number of carbonyl (C=O) groups is 1. The minimum absolute atomic E-state index is 0. The van der Waals surface area contributed by atoms with Crippen LogP contribution in [0.25, 0.3) is 0 Å². The molecular formula is C24H27ClNOP. The Morgan fingerprint density at radius 2 is 1.11 bits per heavy atom. The lowest BCUT2D eigenvalue weighted by molar-refractivity contribution is -0.118. The molecule has 0 fully saturated rings. The van der Waals surface area contributed by atoms with Gasteiger partial charge in [0.05, 0.1) is 0 Å². The third-order valence-electron chi connectivity index (χ3n) is 4.68. The maximum atomic E-state index is 13.0. The van der Waals surface area contributed by atoms with E-state index in [1.54, 1.807) is 0 Å². The zero-order valence-corrected chi connectivity index (χ0v) is 18.0. The summed E-state index contributed by atoms with van der Waals surface area (Å²) in [6.07, 6.45) is 0.484. The second-order valence-electron chi connectivity index (χ2n) is 7.17. The predicted molar refractivity (Wildman–Crippen MR) is 118 cm³/mol. The van der Waals surface area contributed by atoms with E-state index in [9.17, 15) is 4.79 Å². The second-order valence-corrected chi connectivity index (χ2v) is 10.7. The molecule has 4 heteroatoms. The Labute approximate surface area is 175 Å². The maximum absolute atomic E-state index is 13.0. The smallest absolute Gasteiger partial charge is 0.258 e. The number of carbonyl (C=O) groups excluding carboxylic acids is 1. The highest BCUT2D eigenvalue weighted by Crippen LogP contribution is 2.54. The predicted octanol–water partition coefficient (Wildman–Crippen LogP) is 0.757. The van der Waals surface area contributed by atoms with Crippen molar-refractivity contribution in [1.82, 2.24) is 5.32 Å². The zero-order valence-electron chi connectivity index (χ0n) is 16.4. The van der Waals surface area contributed by atoms with Crippen LogP contribution in [0.5, 0.6) is 0 Å². The SMILES string of the molecule is CC(C)CNC(=O)C[P+](c1ccccc1)(c1ccccc1)c1ccccc1.[Cl-]. The van der Waals surface area contributed by atoms with Crippen LogP contribution in [-0.4, -0.2) is 18.6 Å². The van der Waals surface area contributed by atoms with Crippen LogP contribution in [0.4, 0.5) is 0 Å². The van der Waals surface area contributed by atoms with Crippen molar-refractivity contribution in [3.63, 3.8) is 0 Å². The molecule has 0 heterocycles. The van der Waals surface area contributed by atoms with E-state index in [0.717, 1.165) is 0 Å². The van der Waals surface area contributed by atoms with E-state index >= 15 is 0 Å². The van der Waals surface area contributed by atoms with Crippen molar-refractivity contribution in [2.45, 2.75) is 13.8 Å². The van der Waals surface area contributed by atoms with E-state index < -0.39 is 7.26 Å². The topological polar surface area (TPSA) is 29.1 Å². The third kappa shape index (κ3) is 5.01. The summed E-state index contributed by atoms with van der Waals surface area (Å²) in [5.74, 6) is 0.556. The van der Waals surface area contributed by atoms with Crippen molar-refractivity contribution in [2.24, 2.45) is 5.92 Å². The van der Waals surface area contributed by atoms with Gasteiger partial charge >= 0.3 is 0 Å². The molecule has 0 aliphatic rings. The van der Waals surface area contributed by atoms with E-state index in [1.165, 1.54) is 15.9 Å². The Balaban J connectivity index is 0.00000280. The van der Waals surface area contributed by atoms with Gasteiger partial charge in [0, 0.05) is 6.54 Å². The first-order valence-corrected chi connectivity index (χ1v) is 11.4. The molecule has 0 saturated heterocycles. The highest BCUT2D eigenvalue weighted by atomic mass is 35.5. The minimum atomic E-state index is -2.08. The molecule has 2 nitrogen and oxygen atoms in total. The summed E-state index contributed by atoms with van der Waals surface area (Å²) < 4.78 is 0. The van der Waals surface area contributed by atoms with Gasteiger partial charge in [-0.1, -0.05) is 68.4 Å². The van der Waals surface area contributed by atoms with Gasteiger partial charge in [0.2, 0.25) is 0 Å². The van der Waals surface area contributed by atoms with Gasteiger partial charge in [-0.15, -0.1) is 0 Å². The molecule has 0 radical (unpaired) electrons. The molecule has 0 bridgehead atoms. The number of nitrogens with one attached hydrogen (secondary N) is 1. The Bertz CT molecular complexity index is 757. The molecule has 1 N–H and O–H groups in total. The average molecular weight is 412 g/mol. The van der Waals surface area contributed by atoms with Crippen LogP contribution in [0.15, 0.2) is 91.0 Å². The third-order valence-corrected chi connectivity index (χ3v) is 8.98. The molecule has 28 heavy (non-hydrogen) atoms. The van der Waals surface area contributed by atoms with E-state index in [2.05, 4.69) is 92.0 Å². The molecule has 146 valence electrons. The van der Waals surface area contributed by atoms with Crippen molar-refractivity contribution in [1.29, 1.82) is 0 Å². The molecule has 3 rings (SSSR count). The monoisotopic (exact) mass is 411 g/mol. The van der Waals surface area contributed by atoms with Gasteiger partial charge in [0.25, 0.3) is 5.91 Å². The second kappa shape index (κ2) is 10.4. The average Bonchev–Trinajstić information content (AvgIpc) is 2.72. The molecule has 0 saturated carbocycles. The normalized spacial score (nSPS) is 11.0. The van der Waals surface area contributed by atoms with Crippen LogP contribution >= 0.6 is 7.26 Å². The van der Waals surface area contributed by atoms with Gasteiger partial charge in [-0.2, -0.15) is 0 Å². The first-order valence-electron chi connectivity index (χ1n) is 9.44. The Morgan fingerprint density at radius 3 is 1.43 bits per heavy atom. The van der Waals surface area contributed by atoms with Crippen molar-refractivity contribution in [3.05, 3.63) is 91.0 Å². The standard InChI is InChI=1S/C24H26NOP.ClH/c1-20(2)18-25-24(26)19-27(21-12-6-3-7-13-21,22-14-8-4-9-15-22)23-16-10-5-11-17-23;/h3-17,20H,18-19H2,1-2H3;1H. The molecule has 0 unspecified atom stereocenters. The first-order chi connectivity index (χ1) is 13.1. The van der Waals surface area contributed by atoms with E-state index in [1.807, 2.05) is 18.2 Å². The van der Waals surface area contributed by atoms with Crippen LogP contribution in [0, 0.1) is 5.92 Å². The van der Waals surface area contributed by atoms with Gasteiger partial charge in [0.1, 0.15) is 23.2 Å². The Hall–Kier alpha value is -2.15. The van der Waals surface area contributed by atoms with E-state index in [-0.39, 0.29) is 18.3 Å². The highest BCUT2D eigenvalue weighted by Gasteiger charge is 2.47. The van der Waals surface area contributed by atoms with Crippen LogP contribution in [0.1, 0.15) is 13.8 Å². The van der Waals surface area contributed by atoms with Crippen LogP contribution in [-0.2, 0) is 4.79 Å². The summed E-state index contributed by atoms with van der Waals surface area (Å²) >= 11 is 0. The van der Waals surface area contributed by atoms with Crippen LogP contribution in [0.3, 0.4) is 0 Å². The molecule has 3 aromatic rings. The summed E-state index contributed by atoms with van der Waals surface area (Å²) in [6, 6.07) is 31.6. The Morgan fingerprint density at radius 1 is 0.750 bits per heavy atom. The number of amides is 1. The van der Waals surface area contributed by atoms with Crippen LogP contribution in [0.2, 0.25) is 0 Å². The van der Waals surface area contributed by atoms with E-state index in [0.29, 0.717) is 18.6 Å². The minimum Gasteiger partial charge on any atom is -1.00 e. The maximum Gasteiger partial charge on any atom is 0.258 e. The van der Waals surface area contributed by atoms with E-state index in [4.69, 9.17) is 0 Å². The molecular weight excluding hydrogens is 385 g/mol. The largest absolute Gasteiger partial charge is 1.00 e. The number of hydrogen-bond acceptors (Lipinski definition) is 1. The lowest BCUT2D eigenvalue weighted by Crippen LogP contribution is -3.00. The molecule has 3 aromatic carbocycles. The van der Waals surface area contributed by atoms with Gasteiger partial charge in [-0.05, 0) is 42.3 Å². The number of benzene rings is 3. The quantitative estimate of drug-likeness (QED) is 0.571. The zero-order chi connectivity index (χ0) is 19.1. The summed E-state index contributed by atoms with van der Waals surface area (Å²) in [7, 11) is -2.08. The van der Waals surface area contributed by atoms with Gasteiger partial charge < -0.3 is 17.7 Å². The molecule has 0 atom stereocenters. The van der Waals surface area contributed by atoms with Gasteiger partial charge in [-0.3, -0.25) is 4.79 Å². The van der Waals surface area contributed by atoms with Crippen LogP contribution < -0.4 is 33.6 Å². The Kier molecular flexibility index (Phi) is 8.23. The lowest BCUT2D eigenvalue weighted by Gasteiger charge is -2.27. The molecule has 1 amide bonds. The summed E-state index contributed by atoms with van der Waals surface area (Å²) in [5, 5.41) is 6.85. The number of halogens is 1. The fourth-order valence-corrected chi connectivity index (χ4v) is 7.39. The summed E-state index contributed by atoms with van der Waals surface area (Å²) in [6.45, 7) is 4.94. The fourth-order valence-electron chi connectivity index (χ4n) is 3.36. The summed E-state index contributed by atoms with van der Waals surface area (Å²) in [5.41, 5.74) is 0. The first kappa shape index (κ1) is 22.1.